The summed E-state index contributed by atoms with van der Waals surface area (Å²) in [7, 11) is 0. The third-order valence-electron chi connectivity index (χ3n) is 4.02. The Bertz CT molecular complexity index is 714. The second-order valence-corrected chi connectivity index (χ2v) is 6.52. The maximum atomic E-state index is 12.5. The molecule has 3 heterocycles. The Kier molecular flexibility index (Phi) is 4.94. The molecule has 2 aromatic heterocycles. The van der Waals surface area contributed by atoms with Crippen LogP contribution in [0.3, 0.4) is 0 Å². The topological polar surface area (TPSA) is 71.0 Å². The van der Waals surface area contributed by atoms with Gasteiger partial charge >= 0.3 is 0 Å². The fraction of sp³-hybridized carbons (Fsp3) is 0.412. The number of carbonyl (C=O) groups excluding carboxylic acids is 1. The summed E-state index contributed by atoms with van der Waals surface area (Å²) in [4.78, 5) is 27.7. The lowest BCUT2D eigenvalue weighted by molar-refractivity contribution is -0.120. The number of aromatic nitrogens is 3. The number of rotatable bonds is 3. The Hall–Kier alpha value is -2.21. The molecule has 1 N–H and O–H groups in total. The number of amides is 1. The van der Waals surface area contributed by atoms with Gasteiger partial charge in [0, 0.05) is 30.7 Å². The molecule has 0 spiro atoms. The minimum atomic E-state index is -0.111. The van der Waals surface area contributed by atoms with Crippen LogP contribution < -0.4 is 10.2 Å². The Balaban J connectivity index is 1.68. The number of pyridine rings is 1. The van der Waals surface area contributed by atoms with Gasteiger partial charge in [0.25, 0.3) is 0 Å². The van der Waals surface area contributed by atoms with Crippen LogP contribution in [0.5, 0.6) is 0 Å². The normalized spacial score (nSPS) is 17.6. The molecular weight excluding hydrogens is 326 g/mol. The molecule has 0 radical (unpaired) electrons. The van der Waals surface area contributed by atoms with Crippen LogP contribution in [0.25, 0.3) is 0 Å². The number of nitrogens with zero attached hydrogens (tertiary/aromatic N) is 4. The quantitative estimate of drug-likeness (QED) is 0.925. The lowest BCUT2D eigenvalue weighted by Crippen LogP contribution is -2.41. The molecule has 7 heteroatoms. The maximum Gasteiger partial charge on any atom is 0.230 e. The van der Waals surface area contributed by atoms with Crippen LogP contribution in [0, 0.1) is 19.8 Å². The molecule has 2 aromatic rings. The molecule has 1 unspecified atom stereocenters. The van der Waals surface area contributed by atoms with Crippen molar-refractivity contribution < 1.29 is 4.79 Å². The highest BCUT2D eigenvalue weighted by Gasteiger charge is 2.27. The maximum absolute atomic E-state index is 12.5. The zero-order chi connectivity index (χ0) is 17.1. The second-order valence-electron chi connectivity index (χ2n) is 6.09. The SMILES string of the molecule is Cc1cc(C)nc(N2CCCC(C(=O)Nc3ccc(Cl)cn3)C2)n1. The van der Waals surface area contributed by atoms with E-state index in [1.165, 1.54) is 6.20 Å². The number of halogens is 1. The first kappa shape index (κ1) is 16.6. The van der Waals surface area contributed by atoms with Crippen LogP contribution in [0.1, 0.15) is 24.2 Å². The van der Waals surface area contributed by atoms with E-state index < -0.39 is 0 Å². The molecule has 3 rings (SSSR count). The van der Waals surface area contributed by atoms with Crippen molar-refractivity contribution in [2.75, 3.05) is 23.3 Å². The van der Waals surface area contributed by atoms with Gasteiger partial charge in [0.1, 0.15) is 5.82 Å². The van der Waals surface area contributed by atoms with E-state index in [2.05, 4.69) is 25.2 Å². The number of anilines is 2. The Labute approximate surface area is 146 Å². The molecule has 1 aliphatic heterocycles. The second kappa shape index (κ2) is 7.13. The summed E-state index contributed by atoms with van der Waals surface area (Å²) in [5.41, 5.74) is 1.88. The molecule has 1 fully saturated rings. The van der Waals surface area contributed by atoms with Gasteiger partial charge in [0.05, 0.1) is 10.9 Å². The molecule has 1 aliphatic rings. The first-order valence-corrected chi connectivity index (χ1v) is 8.39. The fourth-order valence-corrected chi connectivity index (χ4v) is 3.01. The zero-order valence-electron chi connectivity index (χ0n) is 13.8. The van der Waals surface area contributed by atoms with Crippen LogP contribution >= 0.6 is 11.6 Å². The zero-order valence-corrected chi connectivity index (χ0v) is 14.5. The van der Waals surface area contributed by atoms with Gasteiger partial charge < -0.3 is 10.2 Å². The Morgan fingerprint density at radius 3 is 2.71 bits per heavy atom. The molecule has 0 saturated carbocycles. The van der Waals surface area contributed by atoms with Crippen molar-refractivity contribution in [2.24, 2.45) is 5.92 Å². The number of piperidine rings is 1. The predicted molar refractivity (Wildman–Crippen MR) is 94.3 cm³/mol. The van der Waals surface area contributed by atoms with Crippen LogP contribution in [0.15, 0.2) is 24.4 Å². The molecule has 24 heavy (non-hydrogen) atoms. The van der Waals surface area contributed by atoms with Crippen LogP contribution in [-0.4, -0.2) is 33.9 Å². The lowest BCUT2D eigenvalue weighted by Gasteiger charge is -2.32. The van der Waals surface area contributed by atoms with Crippen LogP contribution in [-0.2, 0) is 4.79 Å². The molecule has 0 aliphatic carbocycles. The number of nitrogens with one attached hydrogen (secondary N) is 1. The number of hydrogen-bond acceptors (Lipinski definition) is 5. The third-order valence-corrected chi connectivity index (χ3v) is 4.25. The van der Waals surface area contributed by atoms with Gasteiger partial charge in [-0.25, -0.2) is 15.0 Å². The molecule has 1 atom stereocenters. The molecule has 0 aromatic carbocycles. The van der Waals surface area contributed by atoms with Crippen molar-refractivity contribution in [1.29, 1.82) is 0 Å². The first-order chi connectivity index (χ1) is 11.5. The molecule has 1 amide bonds. The van der Waals surface area contributed by atoms with E-state index in [0.29, 0.717) is 23.3 Å². The average Bonchev–Trinajstić information content (AvgIpc) is 2.56. The fourth-order valence-electron chi connectivity index (χ4n) is 2.90. The molecule has 6 nitrogen and oxygen atoms in total. The summed E-state index contributed by atoms with van der Waals surface area (Å²) in [6, 6.07) is 5.36. The summed E-state index contributed by atoms with van der Waals surface area (Å²) >= 11 is 5.81. The minimum Gasteiger partial charge on any atom is -0.340 e. The van der Waals surface area contributed by atoms with Crippen molar-refractivity contribution in [2.45, 2.75) is 26.7 Å². The van der Waals surface area contributed by atoms with Crippen molar-refractivity contribution in [3.05, 3.63) is 40.8 Å². The van der Waals surface area contributed by atoms with Gasteiger partial charge in [0.15, 0.2) is 0 Å². The highest BCUT2D eigenvalue weighted by Crippen LogP contribution is 2.22. The van der Waals surface area contributed by atoms with Crippen molar-refractivity contribution in [3.63, 3.8) is 0 Å². The van der Waals surface area contributed by atoms with Crippen molar-refractivity contribution >= 4 is 29.3 Å². The van der Waals surface area contributed by atoms with Gasteiger partial charge in [0.2, 0.25) is 11.9 Å². The smallest absolute Gasteiger partial charge is 0.230 e. The van der Waals surface area contributed by atoms with Gasteiger partial charge in [-0.1, -0.05) is 11.6 Å². The van der Waals surface area contributed by atoms with E-state index in [1.807, 2.05) is 19.9 Å². The van der Waals surface area contributed by atoms with Crippen LogP contribution in [0.4, 0.5) is 11.8 Å². The minimum absolute atomic E-state index is 0.0288. The third kappa shape index (κ3) is 4.00. The summed E-state index contributed by atoms with van der Waals surface area (Å²) in [6.07, 6.45) is 3.30. The summed E-state index contributed by atoms with van der Waals surface area (Å²) in [5, 5.41) is 3.40. The molecule has 126 valence electrons. The number of hydrogen-bond donors (Lipinski definition) is 1. The monoisotopic (exact) mass is 345 g/mol. The Morgan fingerprint density at radius 1 is 1.29 bits per heavy atom. The lowest BCUT2D eigenvalue weighted by atomic mass is 9.97. The van der Waals surface area contributed by atoms with E-state index in [1.54, 1.807) is 12.1 Å². The predicted octanol–water partition coefficient (Wildman–Crippen LogP) is 3.00. The van der Waals surface area contributed by atoms with E-state index in [-0.39, 0.29) is 11.8 Å². The molecular formula is C17H20ClN5O. The van der Waals surface area contributed by atoms with E-state index in [4.69, 9.17) is 11.6 Å². The molecule has 0 bridgehead atoms. The van der Waals surface area contributed by atoms with Crippen molar-refractivity contribution in [1.82, 2.24) is 15.0 Å². The highest BCUT2D eigenvalue weighted by atomic mass is 35.5. The van der Waals surface area contributed by atoms with Crippen molar-refractivity contribution in [3.8, 4) is 0 Å². The summed E-state index contributed by atoms with van der Waals surface area (Å²) < 4.78 is 0. The van der Waals surface area contributed by atoms with E-state index in [0.717, 1.165) is 30.8 Å². The van der Waals surface area contributed by atoms with Gasteiger partial charge in [-0.05, 0) is 44.9 Å². The number of aryl methyl sites for hydroxylation is 2. The molecule has 1 saturated heterocycles. The first-order valence-electron chi connectivity index (χ1n) is 8.01. The van der Waals surface area contributed by atoms with E-state index >= 15 is 0 Å². The van der Waals surface area contributed by atoms with Gasteiger partial charge in [-0.2, -0.15) is 0 Å². The largest absolute Gasteiger partial charge is 0.340 e. The van der Waals surface area contributed by atoms with Gasteiger partial charge in [-0.15, -0.1) is 0 Å². The summed E-state index contributed by atoms with van der Waals surface area (Å²) in [5.74, 6) is 1.08. The van der Waals surface area contributed by atoms with Gasteiger partial charge in [-0.3, -0.25) is 4.79 Å². The highest BCUT2D eigenvalue weighted by molar-refractivity contribution is 6.30. The standard InChI is InChI=1S/C17H20ClN5O/c1-11-8-12(2)21-17(20-11)23-7-3-4-13(10-23)16(24)22-15-6-5-14(18)9-19-15/h5-6,8-9,13H,3-4,7,10H2,1-2H3,(H,19,22,24). The number of carbonyl (C=O) groups is 1. The average molecular weight is 346 g/mol. The summed E-state index contributed by atoms with van der Waals surface area (Å²) in [6.45, 7) is 5.39. The van der Waals surface area contributed by atoms with Crippen LogP contribution in [0.2, 0.25) is 5.02 Å². The van der Waals surface area contributed by atoms with E-state index in [9.17, 15) is 4.79 Å². The Morgan fingerprint density at radius 2 is 2.04 bits per heavy atom.